The molecule has 0 amide bonds. The molecule has 0 radical (unpaired) electrons. The molecule has 0 saturated carbocycles. The molecular formula is C17H21F2NO. The number of furan rings is 1. The third-order valence-electron chi connectivity index (χ3n) is 3.56. The maximum Gasteiger partial charge on any atom is 0.129 e. The Hall–Kier alpha value is -1.68. The van der Waals surface area contributed by atoms with Crippen molar-refractivity contribution in [3.8, 4) is 0 Å². The highest BCUT2D eigenvalue weighted by Gasteiger charge is 2.18. The first kappa shape index (κ1) is 15.7. The summed E-state index contributed by atoms with van der Waals surface area (Å²) < 4.78 is 32.3. The molecule has 4 heteroatoms. The first-order valence-corrected chi connectivity index (χ1v) is 7.39. The number of rotatable bonds is 7. The number of hydrogen-bond donors (Lipinski definition) is 1. The van der Waals surface area contributed by atoms with Gasteiger partial charge in [-0.25, -0.2) is 8.78 Å². The van der Waals surface area contributed by atoms with Gasteiger partial charge in [0.25, 0.3) is 0 Å². The predicted molar refractivity (Wildman–Crippen MR) is 79.2 cm³/mol. The van der Waals surface area contributed by atoms with Gasteiger partial charge in [-0.2, -0.15) is 0 Å². The van der Waals surface area contributed by atoms with E-state index in [1.54, 1.807) is 6.26 Å². The molecule has 0 bridgehead atoms. The van der Waals surface area contributed by atoms with Crippen LogP contribution in [0, 0.1) is 11.6 Å². The lowest BCUT2D eigenvalue weighted by molar-refractivity contribution is 0.475. The molecule has 0 fully saturated rings. The summed E-state index contributed by atoms with van der Waals surface area (Å²) in [7, 11) is 0. The smallest absolute Gasteiger partial charge is 0.129 e. The molecule has 2 rings (SSSR count). The van der Waals surface area contributed by atoms with Crippen LogP contribution in [0.3, 0.4) is 0 Å². The Morgan fingerprint density at radius 2 is 2.00 bits per heavy atom. The second kappa shape index (κ2) is 7.36. The van der Waals surface area contributed by atoms with Crippen LogP contribution in [-0.4, -0.2) is 6.54 Å². The van der Waals surface area contributed by atoms with Gasteiger partial charge in [0.05, 0.1) is 6.26 Å². The zero-order chi connectivity index (χ0) is 15.2. The quantitative estimate of drug-likeness (QED) is 0.818. The lowest BCUT2D eigenvalue weighted by Crippen LogP contribution is -2.25. The number of halogens is 2. The molecule has 114 valence electrons. The van der Waals surface area contributed by atoms with E-state index in [4.69, 9.17) is 4.42 Å². The largest absolute Gasteiger partial charge is 0.469 e. The van der Waals surface area contributed by atoms with E-state index in [0.717, 1.165) is 36.8 Å². The predicted octanol–water partition coefficient (Wildman–Crippen LogP) is 4.40. The summed E-state index contributed by atoms with van der Waals surface area (Å²) in [5.74, 6) is -0.141. The SMILES string of the molecule is CCCNC(Cc1ccc(F)cc1F)c1ccoc1CC. The molecule has 0 saturated heterocycles. The molecule has 0 aliphatic carbocycles. The van der Waals surface area contributed by atoms with Gasteiger partial charge < -0.3 is 9.73 Å². The molecule has 0 aliphatic heterocycles. The number of benzene rings is 1. The average Bonchev–Trinajstić information content (AvgIpc) is 2.94. The zero-order valence-electron chi connectivity index (χ0n) is 12.5. The summed E-state index contributed by atoms with van der Waals surface area (Å²) in [6.45, 7) is 4.94. The van der Waals surface area contributed by atoms with E-state index in [1.807, 2.05) is 13.0 Å². The molecule has 0 aliphatic rings. The van der Waals surface area contributed by atoms with Crippen molar-refractivity contribution < 1.29 is 13.2 Å². The van der Waals surface area contributed by atoms with Gasteiger partial charge in [0.1, 0.15) is 17.4 Å². The van der Waals surface area contributed by atoms with Gasteiger partial charge in [-0.3, -0.25) is 0 Å². The van der Waals surface area contributed by atoms with Crippen LogP contribution in [0.25, 0.3) is 0 Å². The summed E-state index contributed by atoms with van der Waals surface area (Å²) in [4.78, 5) is 0. The van der Waals surface area contributed by atoms with E-state index in [0.29, 0.717) is 12.0 Å². The third-order valence-corrected chi connectivity index (χ3v) is 3.56. The van der Waals surface area contributed by atoms with Gasteiger partial charge in [0, 0.05) is 24.1 Å². The molecule has 0 spiro atoms. The Kier molecular flexibility index (Phi) is 5.51. The molecule has 1 atom stereocenters. The molecular weight excluding hydrogens is 272 g/mol. The normalized spacial score (nSPS) is 12.6. The van der Waals surface area contributed by atoms with Crippen LogP contribution in [0.15, 0.2) is 34.9 Å². The van der Waals surface area contributed by atoms with E-state index in [9.17, 15) is 8.78 Å². The highest BCUT2D eigenvalue weighted by molar-refractivity contribution is 5.26. The van der Waals surface area contributed by atoms with Crippen molar-refractivity contribution >= 4 is 0 Å². The Labute approximate surface area is 124 Å². The second-order valence-electron chi connectivity index (χ2n) is 5.10. The molecule has 1 unspecified atom stereocenters. The zero-order valence-corrected chi connectivity index (χ0v) is 12.5. The van der Waals surface area contributed by atoms with E-state index in [-0.39, 0.29) is 6.04 Å². The Morgan fingerprint density at radius 1 is 1.19 bits per heavy atom. The van der Waals surface area contributed by atoms with Crippen molar-refractivity contribution in [1.29, 1.82) is 0 Å². The third kappa shape index (κ3) is 3.91. The molecule has 1 heterocycles. The minimum atomic E-state index is -0.549. The molecule has 1 aromatic heterocycles. The maximum absolute atomic E-state index is 13.9. The molecule has 2 nitrogen and oxygen atoms in total. The second-order valence-corrected chi connectivity index (χ2v) is 5.10. The maximum atomic E-state index is 13.9. The summed E-state index contributed by atoms with van der Waals surface area (Å²) >= 11 is 0. The monoisotopic (exact) mass is 293 g/mol. The highest BCUT2D eigenvalue weighted by atomic mass is 19.1. The van der Waals surface area contributed by atoms with Crippen molar-refractivity contribution in [2.24, 2.45) is 0 Å². The van der Waals surface area contributed by atoms with Crippen molar-refractivity contribution in [2.45, 2.75) is 39.2 Å². The average molecular weight is 293 g/mol. The van der Waals surface area contributed by atoms with Crippen LogP contribution in [0.1, 0.15) is 43.2 Å². The topological polar surface area (TPSA) is 25.2 Å². The van der Waals surface area contributed by atoms with Crippen LogP contribution < -0.4 is 5.32 Å². The molecule has 1 aromatic carbocycles. The lowest BCUT2D eigenvalue weighted by atomic mass is 9.98. The van der Waals surface area contributed by atoms with Crippen LogP contribution in [-0.2, 0) is 12.8 Å². The van der Waals surface area contributed by atoms with E-state index < -0.39 is 11.6 Å². The van der Waals surface area contributed by atoms with Crippen LogP contribution in [0.4, 0.5) is 8.78 Å². The summed E-state index contributed by atoms with van der Waals surface area (Å²) in [5, 5.41) is 3.42. The van der Waals surface area contributed by atoms with Crippen LogP contribution in [0.2, 0.25) is 0 Å². The Morgan fingerprint density at radius 3 is 2.67 bits per heavy atom. The summed E-state index contributed by atoms with van der Waals surface area (Å²) in [6, 6.07) is 5.64. The first-order valence-electron chi connectivity index (χ1n) is 7.39. The summed E-state index contributed by atoms with van der Waals surface area (Å²) in [6.07, 6.45) is 3.91. The van der Waals surface area contributed by atoms with Gasteiger partial charge >= 0.3 is 0 Å². The van der Waals surface area contributed by atoms with Gasteiger partial charge in [-0.1, -0.05) is 19.9 Å². The van der Waals surface area contributed by atoms with E-state index >= 15 is 0 Å². The van der Waals surface area contributed by atoms with Crippen LogP contribution >= 0.6 is 0 Å². The van der Waals surface area contributed by atoms with Gasteiger partial charge in [0.15, 0.2) is 0 Å². The first-order chi connectivity index (χ1) is 10.2. The van der Waals surface area contributed by atoms with E-state index in [2.05, 4.69) is 12.2 Å². The molecule has 2 aromatic rings. The molecule has 1 N–H and O–H groups in total. The fraction of sp³-hybridized carbons (Fsp3) is 0.412. The lowest BCUT2D eigenvalue weighted by Gasteiger charge is -2.19. The minimum absolute atomic E-state index is 0.0291. The van der Waals surface area contributed by atoms with Gasteiger partial charge in [-0.15, -0.1) is 0 Å². The number of nitrogens with one attached hydrogen (secondary N) is 1. The van der Waals surface area contributed by atoms with Gasteiger partial charge in [0.2, 0.25) is 0 Å². The Bertz CT molecular complexity index is 580. The van der Waals surface area contributed by atoms with Crippen molar-refractivity contribution in [2.75, 3.05) is 6.54 Å². The molecule has 21 heavy (non-hydrogen) atoms. The van der Waals surface area contributed by atoms with Crippen molar-refractivity contribution in [3.63, 3.8) is 0 Å². The number of hydrogen-bond acceptors (Lipinski definition) is 2. The standard InChI is InChI=1S/C17H21F2NO/c1-3-8-20-16(14-7-9-21-17(14)4-2)10-12-5-6-13(18)11-15(12)19/h5-7,9,11,16,20H,3-4,8,10H2,1-2H3. The highest BCUT2D eigenvalue weighted by Crippen LogP contribution is 2.25. The van der Waals surface area contributed by atoms with Gasteiger partial charge in [-0.05, 0) is 37.1 Å². The van der Waals surface area contributed by atoms with Crippen molar-refractivity contribution in [1.82, 2.24) is 5.32 Å². The Balaban J connectivity index is 2.24. The van der Waals surface area contributed by atoms with E-state index in [1.165, 1.54) is 12.1 Å². The van der Waals surface area contributed by atoms with Crippen molar-refractivity contribution in [3.05, 3.63) is 59.1 Å². The summed E-state index contributed by atoms with van der Waals surface area (Å²) in [5.41, 5.74) is 1.56. The number of aryl methyl sites for hydroxylation is 1. The fourth-order valence-corrected chi connectivity index (χ4v) is 2.47. The van der Waals surface area contributed by atoms with Crippen LogP contribution in [0.5, 0.6) is 0 Å². The fourth-order valence-electron chi connectivity index (χ4n) is 2.47. The minimum Gasteiger partial charge on any atom is -0.469 e.